The van der Waals surface area contributed by atoms with E-state index < -0.39 is 0 Å². The maximum Gasteiger partial charge on any atom is 0.255 e. The predicted molar refractivity (Wildman–Crippen MR) is 104 cm³/mol. The molecular formula is C19H23ClN2O4. The normalized spacial score (nSPS) is 10.3. The van der Waals surface area contributed by atoms with Crippen molar-refractivity contribution in [2.75, 3.05) is 30.9 Å². The number of halogens is 1. The van der Waals surface area contributed by atoms with Crippen molar-refractivity contribution in [3.8, 4) is 17.2 Å². The summed E-state index contributed by atoms with van der Waals surface area (Å²) in [4.78, 5) is 12.7. The number of ether oxygens (including phenoxy) is 3. The van der Waals surface area contributed by atoms with Gasteiger partial charge in [0.15, 0.2) is 11.5 Å². The maximum absolute atomic E-state index is 12.7. The number of anilines is 2. The number of nitrogens with one attached hydrogen (secondary N) is 1. The topological polar surface area (TPSA) is 82.8 Å². The van der Waals surface area contributed by atoms with Crippen LogP contribution in [0.15, 0.2) is 30.3 Å². The van der Waals surface area contributed by atoms with Crippen LogP contribution in [-0.4, -0.2) is 25.7 Å². The fourth-order valence-corrected chi connectivity index (χ4v) is 2.54. The first kappa shape index (κ1) is 19.7. The van der Waals surface area contributed by atoms with E-state index in [0.29, 0.717) is 59.0 Å². The Balaban J connectivity index is 2.38. The third-order valence-corrected chi connectivity index (χ3v) is 3.67. The van der Waals surface area contributed by atoms with E-state index in [1.165, 1.54) is 0 Å². The number of nitrogen functional groups attached to an aromatic ring is 1. The highest BCUT2D eigenvalue weighted by molar-refractivity contribution is 6.31. The summed E-state index contributed by atoms with van der Waals surface area (Å²) in [6.07, 6.45) is 0. The van der Waals surface area contributed by atoms with Crippen LogP contribution in [0, 0.1) is 0 Å². The van der Waals surface area contributed by atoms with Crippen molar-refractivity contribution in [1.82, 2.24) is 0 Å². The predicted octanol–water partition coefficient (Wildman–Crippen LogP) is 4.37. The van der Waals surface area contributed by atoms with Crippen molar-refractivity contribution in [3.63, 3.8) is 0 Å². The second-order valence-electron chi connectivity index (χ2n) is 5.29. The third kappa shape index (κ3) is 4.73. The molecule has 0 aromatic heterocycles. The summed E-state index contributed by atoms with van der Waals surface area (Å²) in [5.74, 6) is 1.05. The van der Waals surface area contributed by atoms with Gasteiger partial charge in [0, 0.05) is 10.6 Å². The highest BCUT2D eigenvalue weighted by atomic mass is 35.5. The van der Waals surface area contributed by atoms with E-state index in [9.17, 15) is 4.79 Å². The molecule has 0 aliphatic rings. The van der Waals surface area contributed by atoms with Gasteiger partial charge in [-0.15, -0.1) is 0 Å². The van der Waals surface area contributed by atoms with Crippen LogP contribution in [0.25, 0.3) is 0 Å². The molecule has 6 nitrogen and oxygen atoms in total. The fourth-order valence-electron chi connectivity index (χ4n) is 2.36. The van der Waals surface area contributed by atoms with Crippen LogP contribution in [0.3, 0.4) is 0 Å². The first-order chi connectivity index (χ1) is 12.5. The van der Waals surface area contributed by atoms with Crippen molar-refractivity contribution < 1.29 is 19.0 Å². The Hall–Kier alpha value is -2.60. The number of nitrogens with two attached hydrogens (primary N) is 1. The number of hydrogen-bond donors (Lipinski definition) is 2. The zero-order valence-electron chi connectivity index (χ0n) is 15.1. The highest BCUT2D eigenvalue weighted by Crippen LogP contribution is 2.39. The molecule has 0 saturated heterocycles. The summed E-state index contributed by atoms with van der Waals surface area (Å²) in [5, 5.41) is 3.27. The largest absolute Gasteiger partial charge is 0.490 e. The number of carbonyl (C=O) groups excluding carboxylic acids is 1. The average Bonchev–Trinajstić information content (AvgIpc) is 2.60. The van der Waals surface area contributed by atoms with E-state index in [4.69, 9.17) is 31.5 Å². The van der Waals surface area contributed by atoms with Gasteiger partial charge < -0.3 is 25.3 Å². The Bertz CT molecular complexity index is 753. The molecule has 2 aromatic carbocycles. The van der Waals surface area contributed by atoms with Gasteiger partial charge in [-0.05, 0) is 51.1 Å². The van der Waals surface area contributed by atoms with Crippen molar-refractivity contribution in [2.24, 2.45) is 0 Å². The Kier molecular flexibility index (Phi) is 6.97. The lowest BCUT2D eigenvalue weighted by Crippen LogP contribution is -2.14. The van der Waals surface area contributed by atoms with Gasteiger partial charge in [0.1, 0.15) is 0 Å². The zero-order valence-corrected chi connectivity index (χ0v) is 15.9. The molecule has 0 atom stereocenters. The maximum atomic E-state index is 12.7. The van der Waals surface area contributed by atoms with Crippen LogP contribution >= 0.6 is 11.6 Å². The van der Waals surface area contributed by atoms with E-state index in [2.05, 4.69) is 5.32 Å². The van der Waals surface area contributed by atoms with Gasteiger partial charge in [-0.1, -0.05) is 11.6 Å². The summed E-state index contributed by atoms with van der Waals surface area (Å²) in [7, 11) is 0. The lowest BCUT2D eigenvalue weighted by molar-refractivity contribution is 0.102. The molecule has 2 rings (SSSR count). The van der Waals surface area contributed by atoms with Crippen molar-refractivity contribution >= 4 is 28.9 Å². The van der Waals surface area contributed by atoms with E-state index in [0.717, 1.165) is 0 Å². The third-order valence-electron chi connectivity index (χ3n) is 3.43. The first-order valence-corrected chi connectivity index (χ1v) is 8.80. The Morgan fingerprint density at radius 1 is 1.00 bits per heavy atom. The molecule has 0 saturated carbocycles. The van der Waals surface area contributed by atoms with Gasteiger partial charge in [-0.25, -0.2) is 0 Å². The molecule has 0 heterocycles. The van der Waals surface area contributed by atoms with Crippen LogP contribution in [0.1, 0.15) is 31.1 Å². The summed E-state index contributed by atoms with van der Waals surface area (Å²) in [5.41, 5.74) is 7.13. The molecule has 0 aliphatic heterocycles. The van der Waals surface area contributed by atoms with Gasteiger partial charge >= 0.3 is 0 Å². The van der Waals surface area contributed by atoms with E-state index in [1.807, 2.05) is 20.8 Å². The summed E-state index contributed by atoms with van der Waals surface area (Å²) in [6, 6.07) is 8.13. The fraction of sp³-hybridized carbons (Fsp3) is 0.316. The number of carbonyl (C=O) groups is 1. The van der Waals surface area contributed by atoms with Gasteiger partial charge in [-0.3, -0.25) is 4.79 Å². The highest BCUT2D eigenvalue weighted by Gasteiger charge is 2.19. The smallest absolute Gasteiger partial charge is 0.255 e. The minimum absolute atomic E-state index is 0.344. The molecule has 1 amide bonds. The first-order valence-electron chi connectivity index (χ1n) is 8.42. The Morgan fingerprint density at radius 3 is 2.08 bits per heavy atom. The number of hydrogen-bond acceptors (Lipinski definition) is 5. The minimum atomic E-state index is -0.344. The van der Waals surface area contributed by atoms with Gasteiger partial charge in [0.2, 0.25) is 5.75 Å². The van der Waals surface area contributed by atoms with Crippen LogP contribution in [0.5, 0.6) is 17.2 Å². The molecule has 3 N–H and O–H groups in total. The van der Waals surface area contributed by atoms with Crippen molar-refractivity contribution in [1.29, 1.82) is 0 Å². The summed E-state index contributed by atoms with van der Waals surface area (Å²) < 4.78 is 16.9. The second kappa shape index (κ2) is 9.20. The standard InChI is InChI=1S/C19H23ClN2O4/c1-4-24-16-9-12(10-17(25-5-2)18(16)26-6-3)19(23)22-15-8-7-13(20)11-14(15)21/h7-11H,4-6,21H2,1-3H3,(H,22,23). The summed E-state index contributed by atoms with van der Waals surface area (Å²) in [6.45, 7) is 6.90. The number of benzene rings is 2. The molecule has 2 aromatic rings. The van der Waals surface area contributed by atoms with Gasteiger partial charge in [0.25, 0.3) is 5.91 Å². The quantitative estimate of drug-likeness (QED) is 0.666. The monoisotopic (exact) mass is 378 g/mol. The van der Waals surface area contributed by atoms with Crippen LogP contribution in [0.4, 0.5) is 11.4 Å². The van der Waals surface area contributed by atoms with Crippen molar-refractivity contribution in [3.05, 3.63) is 40.9 Å². The molecule has 0 radical (unpaired) electrons. The minimum Gasteiger partial charge on any atom is -0.490 e. The van der Waals surface area contributed by atoms with E-state index in [1.54, 1.807) is 30.3 Å². The van der Waals surface area contributed by atoms with E-state index in [-0.39, 0.29) is 5.91 Å². The molecular weight excluding hydrogens is 356 g/mol. The Labute approximate surface area is 158 Å². The molecule has 7 heteroatoms. The zero-order chi connectivity index (χ0) is 19.1. The van der Waals surface area contributed by atoms with Crippen molar-refractivity contribution in [2.45, 2.75) is 20.8 Å². The SMILES string of the molecule is CCOc1cc(C(=O)Nc2ccc(Cl)cc2N)cc(OCC)c1OCC. The number of amides is 1. The van der Waals surface area contributed by atoms with E-state index >= 15 is 0 Å². The molecule has 0 bridgehead atoms. The second-order valence-corrected chi connectivity index (χ2v) is 5.72. The average molecular weight is 379 g/mol. The van der Waals surface area contributed by atoms with Crippen LogP contribution in [-0.2, 0) is 0 Å². The molecule has 0 fully saturated rings. The summed E-state index contributed by atoms with van der Waals surface area (Å²) >= 11 is 5.89. The molecule has 26 heavy (non-hydrogen) atoms. The van der Waals surface area contributed by atoms with Crippen LogP contribution in [0.2, 0.25) is 5.02 Å². The van der Waals surface area contributed by atoms with Crippen LogP contribution < -0.4 is 25.3 Å². The lowest BCUT2D eigenvalue weighted by atomic mass is 10.1. The molecule has 0 aliphatic carbocycles. The molecule has 0 unspecified atom stereocenters. The number of rotatable bonds is 8. The molecule has 140 valence electrons. The van der Waals surface area contributed by atoms with Gasteiger partial charge in [-0.2, -0.15) is 0 Å². The Morgan fingerprint density at radius 2 is 1.58 bits per heavy atom. The lowest BCUT2D eigenvalue weighted by Gasteiger charge is -2.17. The molecule has 0 spiro atoms. The van der Waals surface area contributed by atoms with Gasteiger partial charge in [0.05, 0.1) is 31.2 Å².